The van der Waals surface area contributed by atoms with Crippen molar-refractivity contribution in [2.45, 2.75) is 46.5 Å². The van der Waals surface area contributed by atoms with E-state index in [-0.39, 0.29) is 5.91 Å². The zero-order valence-electron chi connectivity index (χ0n) is 12.3. The average molecular weight is 337 g/mol. The molecule has 108 valence electrons. The highest BCUT2D eigenvalue weighted by atomic mass is 79.9. The minimum Gasteiger partial charge on any atom is -0.324 e. The normalized spacial score (nSPS) is 10.9. The molecule has 1 amide bonds. The Morgan fingerprint density at radius 2 is 1.95 bits per heavy atom. The van der Waals surface area contributed by atoms with Crippen molar-refractivity contribution in [2.75, 3.05) is 5.32 Å². The Balaban J connectivity index is 2.99. The van der Waals surface area contributed by atoms with Crippen molar-refractivity contribution in [1.82, 2.24) is 0 Å². The predicted molar refractivity (Wildman–Crippen MR) is 85.4 cm³/mol. The van der Waals surface area contributed by atoms with Crippen molar-refractivity contribution in [3.8, 4) is 6.07 Å². The minimum atomic E-state index is -0.914. The molecule has 0 aromatic heterocycles. The van der Waals surface area contributed by atoms with E-state index in [0.717, 1.165) is 28.6 Å². The van der Waals surface area contributed by atoms with Gasteiger partial charge in [0.25, 0.3) is 0 Å². The summed E-state index contributed by atoms with van der Waals surface area (Å²) < 4.78 is 0.974. The lowest BCUT2D eigenvalue weighted by Gasteiger charge is -2.25. The second-order valence-corrected chi connectivity index (χ2v) is 6.02. The third-order valence-corrected chi connectivity index (χ3v) is 3.93. The minimum absolute atomic E-state index is 0.186. The summed E-state index contributed by atoms with van der Waals surface area (Å²) in [6.07, 6.45) is 2.83. The fraction of sp³-hybridized carbons (Fsp3) is 0.500. The van der Waals surface area contributed by atoms with Crippen molar-refractivity contribution in [2.24, 2.45) is 5.41 Å². The lowest BCUT2D eigenvalue weighted by atomic mass is 9.79. The van der Waals surface area contributed by atoms with Gasteiger partial charge in [-0.1, -0.05) is 42.6 Å². The summed E-state index contributed by atoms with van der Waals surface area (Å²) >= 11 is 3.40. The molecule has 1 aromatic rings. The molecular weight excluding hydrogens is 316 g/mol. The molecule has 4 heteroatoms. The van der Waals surface area contributed by atoms with E-state index in [2.05, 4.69) is 27.3 Å². The number of benzene rings is 1. The smallest absolute Gasteiger partial charge is 0.244 e. The molecule has 0 aliphatic carbocycles. The second-order valence-electron chi connectivity index (χ2n) is 5.11. The standard InChI is InChI=1S/C16H21BrN2O/c1-4-8-16(11-18,9-5-2)15(20)19-14-7-6-13(17)10-12(14)3/h6-7,10H,4-5,8-9H2,1-3H3,(H,19,20). The molecule has 0 aliphatic heterocycles. The Hall–Kier alpha value is -1.34. The van der Waals surface area contributed by atoms with Gasteiger partial charge in [0.15, 0.2) is 0 Å². The van der Waals surface area contributed by atoms with Gasteiger partial charge in [-0.05, 0) is 43.5 Å². The molecule has 0 unspecified atom stereocenters. The van der Waals surface area contributed by atoms with Crippen molar-refractivity contribution >= 4 is 27.5 Å². The van der Waals surface area contributed by atoms with Gasteiger partial charge in [0.05, 0.1) is 6.07 Å². The lowest BCUT2D eigenvalue weighted by Crippen LogP contribution is -2.35. The Bertz CT molecular complexity index is 514. The van der Waals surface area contributed by atoms with Crippen LogP contribution in [0.4, 0.5) is 5.69 Å². The van der Waals surface area contributed by atoms with Crippen LogP contribution in [0.25, 0.3) is 0 Å². The molecule has 0 saturated heterocycles. The Morgan fingerprint density at radius 3 is 2.40 bits per heavy atom. The van der Waals surface area contributed by atoms with Gasteiger partial charge in [0.2, 0.25) is 5.91 Å². The van der Waals surface area contributed by atoms with Crippen LogP contribution in [-0.2, 0) is 4.79 Å². The molecule has 0 radical (unpaired) electrons. The zero-order chi connectivity index (χ0) is 15.2. The maximum Gasteiger partial charge on any atom is 0.244 e. The highest BCUT2D eigenvalue weighted by Gasteiger charge is 2.37. The molecule has 0 bridgehead atoms. The number of hydrogen-bond acceptors (Lipinski definition) is 2. The summed E-state index contributed by atoms with van der Waals surface area (Å²) in [6, 6.07) is 7.94. The third kappa shape index (κ3) is 3.83. The number of aryl methyl sites for hydroxylation is 1. The highest BCUT2D eigenvalue weighted by molar-refractivity contribution is 9.10. The first-order chi connectivity index (χ1) is 9.49. The number of carbonyl (C=O) groups excluding carboxylic acids is 1. The first-order valence-corrected chi connectivity index (χ1v) is 7.77. The molecule has 20 heavy (non-hydrogen) atoms. The van der Waals surface area contributed by atoms with Crippen LogP contribution < -0.4 is 5.32 Å². The lowest BCUT2D eigenvalue weighted by molar-refractivity contribution is -0.123. The van der Waals surface area contributed by atoms with Crippen LogP contribution in [0.15, 0.2) is 22.7 Å². The molecule has 0 saturated carbocycles. The highest BCUT2D eigenvalue weighted by Crippen LogP contribution is 2.31. The van der Waals surface area contributed by atoms with Gasteiger partial charge in [0, 0.05) is 10.2 Å². The van der Waals surface area contributed by atoms with Gasteiger partial charge in [-0.15, -0.1) is 0 Å². The molecule has 0 fully saturated rings. The SMILES string of the molecule is CCCC(C#N)(CCC)C(=O)Nc1ccc(Br)cc1C. The molecule has 0 spiro atoms. The third-order valence-electron chi connectivity index (χ3n) is 3.44. The van der Waals surface area contributed by atoms with Crippen molar-refractivity contribution < 1.29 is 4.79 Å². The van der Waals surface area contributed by atoms with Crippen LogP contribution in [0.2, 0.25) is 0 Å². The Morgan fingerprint density at radius 1 is 1.35 bits per heavy atom. The van der Waals surface area contributed by atoms with Crippen molar-refractivity contribution in [1.29, 1.82) is 5.26 Å². The maximum absolute atomic E-state index is 12.5. The second kappa shape index (κ2) is 7.44. The maximum atomic E-state index is 12.5. The van der Waals surface area contributed by atoms with E-state index in [4.69, 9.17) is 0 Å². The number of amides is 1. The van der Waals surface area contributed by atoms with E-state index in [1.165, 1.54) is 0 Å². The van der Waals surface area contributed by atoms with Crippen LogP contribution in [-0.4, -0.2) is 5.91 Å². The fourth-order valence-electron chi connectivity index (χ4n) is 2.38. The monoisotopic (exact) mass is 336 g/mol. The summed E-state index contributed by atoms with van der Waals surface area (Å²) in [7, 11) is 0. The van der Waals surface area contributed by atoms with Gasteiger partial charge in [0.1, 0.15) is 5.41 Å². The largest absolute Gasteiger partial charge is 0.324 e. The van der Waals surface area contributed by atoms with E-state index in [1.54, 1.807) is 0 Å². The van der Waals surface area contributed by atoms with Crippen molar-refractivity contribution in [3.63, 3.8) is 0 Å². The Kier molecular flexibility index (Phi) is 6.22. The fourth-order valence-corrected chi connectivity index (χ4v) is 2.85. The number of hydrogen-bond donors (Lipinski definition) is 1. The van der Waals surface area contributed by atoms with Crippen LogP contribution in [0.1, 0.15) is 45.1 Å². The number of nitrogens with one attached hydrogen (secondary N) is 1. The quantitative estimate of drug-likeness (QED) is 0.810. The molecule has 1 aromatic carbocycles. The average Bonchev–Trinajstić information content (AvgIpc) is 2.41. The molecule has 0 aliphatic rings. The molecule has 3 nitrogen and oxygen atoms in total. The molecular formula is C16H21BrN2O. The van der Waals surface area contributed by atoms with E-state index in [9.17, 15) is 10.1 Å². The summed E-state index contributed by atoms with van der Waals surface area (Å²) in [5.41, 5.74) is 0.834. The zero-order valence-corrected chi connectivity index (χ0v) is 13.9. The number of rotatable bonds is 6. The van der Waals surface area contributed by atoms with E-state index < -0.39 is 5.41 Å². The van der Waals surface area contributed by atoms with Crippen LogP contribution in [0, 0.1) is 23.7 Å². The molecule has 0 heterocycles. The van der Waals surface area contributed by atoms with E-state index in [1.807, 2.05) is 39.0 Å². The number of carbonyl (C=O) groups is 1. The van der Waals surface area contributed by atoms with E-state index in [0.29, 0.717) is 12.8 Å². The summed E-state index contributed by atoms with van der Waals surface area (Å²) in [5, 5.41) is 12.4. The first kappa shape index (κ1) is 16.7. The van der Waals surface area contributed by atoms with Gasteiger partial charge >= 0.3 is 0 Å². The first-order valence-electron chi connectivity index (χ1n) is 6.98. The predicted octanol–water partition coefficient (Wildman–Crippen LogP) is 4.81. The number of nitriles is 1. The molecule has 1 rings (SSSR count). The number of nitrogens with zero attached hydrogens (tertiary/aromatic N) is 1. The topological polar surface area (TPSA) is 52.9 Å². The van der Waals surface area contributed by atoms with E-state index >= 15 is 0 Å². The number of anilines is 1. The summed E-state index contributed by atoms with van der Waals surface area (Å²) in [4.78, 5) is 12.5. The molecule has 1 N–H and O–H groups in total. The van der Waals surface area contributed by atoms with Crippen LogP contribution >= 0.6 is 15.9 Å². The van der Waals surface area contributed by atoms with Crippen LogP contribution in [0.5, 0.6) is 0 Å². The van der Waals surface area contributed by atoms with Crippen LogP contribution in [0.3, 0.4) is 0 Å². The molecule has 0 atom stereocenters. The van der Waals surface area contributed by atoms with Gasteiger partial charge < -0.3 is 5.32 Å². The number of halogens is 1. The summed E-state index contributed by atoms with van der Waals surface area (Å²) in [5.74, 6) is -0.186. The van der Waals surface area contributed by atoms with Gasteiger partial charge in [-0.3, -0.25) is 4.79 Å². The van der Waals surface area contributed by atoms with Gasteiger partial charge in [-0.25, -0.2) is 0 Å². The van der Waals surface area contributed by atoms with Crippen molar-refractivity contribution in [3.05, 3.63) is 28.2 Å². The summed E-state index contributed by atoms with van der Waals surface area (Å²) in [6.45, 7) is 5.94. The Labute approximate surface area is 129 Å². The van der Waals surface area contributed by atoms with Gasteiger partial charge in [-0.2, -0.15) is 5.26 Å².